The van der Waals surface area contributed by atoms with Gasteiger partial charge in [-0.2, -0.15) is 23.1 Å². The van der Waals surface area contributed by atoms with E-state index in [1.54, 1.807) is 0 Å². The van der Waals surface area contributed by atoms with Gasteiger partial charge in [0.2, 0.25) is 17.7 Å². The van der Waals surface area contributed by atoms with Crippen molar-refractivity contribution >= 4 is 21.9 Å². The Balaban J connectivity index is 0.00000450. The summed E-state index contributed by atoms with van der Waals surface area (Å²) >= 11 is 0. The molecule has 158 valence electrons. The van der Waals surface area contributed by atoms with Gasteiger partial charge in [-0.3, -0.25) is 10.1 Å². The van der Waals surface area contributed by atoms with Crippen LogP contribution >= 0.6 is 0 Å². The average Bonchev–Trinajstić information content (AvgIpc) is 2.64. The first-order chi connectivity index (χ1) is 13.4. The van der Waals surface area contributed by atoms with Crippen molar-refractivity contribution in [1.29, 1.82) is 0 Å². The Hall–Kier alpha value is -2.20. The molecule has 0 radical (unpaired) electrons. The fourth-order valence-corrected chi connectivity index (χ4v) is 2.54. The smallest absolute Gasteiger partial charge is 0.558 e. The number of rotatable bonds is 7. The Morgan fingerprint density at radius 2 is 1.77 bits per heavy atom. The molecule has 1 amide bonds. The largest absolute Gasteiger partial charge is 1.00 e. The number of ether oxygens (including phenoxy) is 3. The third-order valence-corrected chi connectivity index (χ3v) is 3.87. The van der Waals surface area contributed by atoms with Crippen LogP contribution in [0.3, 0.4) is 0 Å². The maximum Gasteiger partial charge on any atom is 1.00 e. The molecule has 0 bridgehead atoms. The third kappa shape index (κ3) is 6.94. The summed E-state index contributed by atoms with van der Waals surface area (Å²) in [7, 11) is -2.29. The summed E-state index contributed by atoms with van der Waals surface area (Å²) in [6.45, 7) is -1.91. The van der Waals surface area contributed by atoms with Gasteiger partial charge < -0.3 is 19.3 Å². The third-order valence-electron chi connectivity index (χ3n) is 3.07. The molecule has 0 aliphatic rings. The van der Waals surface area contributed by atoms with Crippen molar-refractivity contribution in [2.45, 2.75) is 11.2 Å². The van der Waals surface area contributed by atoms with E-state index in [4.69, 9.17) is 14.6 Å². The summed E-state index contributed by atoms with van der Waals surface area (Å²) in [4.78, 5) is 23.5. The molecule has 0 saturated carbocycles. The van der Waals surface area contributed by atoms with Gasteiger partial charge in [-0.1, -0.05) is 0 Å². The molecule has 0 aliphatic carbocycles. The van der Waals surface area contributed by atoms with E-state index in [1.807, 2.05) is 0 Å². The molecular weight excluding hydrogens is 446 g/mol. The van der Waals surface area contributed by atoms with Gasteiger partial charge in [0.25, 0.3) is 5.91 Å². The zero-order chi connectivity index (χ0) is 21.8. The Morgan fingerprint density at radius 1 is 1.20 bits per heavy atom. The SMILES string of the molecule is COc1cc(OC)nc(NC(=O)c2ccnc(S([NH-])(=O)=O)c2OCC(F)(F)F)n1.[Na+]. The van der Waals surface area contributed by atoms with Crippen molar-refractivity contribution in [2.75, 3.05) is 26.1 Å². The van der Waals surface area contributed by atoms with Crippen molar-refractivity contribution in [3.05, 3.63) is 29.0 Å². The van der Waals surface area contributed by atoms with E-state index in [9.17, 15) is 26.4 Å². The number of hydrogen-bond donors (Lipinski definition) is 1. The summed E-state index contributed by atoms with van der Waals surface area (Å²) in [5.41, 5.74) is -0.638. The molecule has 0 saturated heterocycles. The van der Waals surface area contributed by atoms with E-state index in [0.29, 0.717) is 0 Å². The number of carbonyl (C=O) groups is 1. The van der Waals surface area contributed by atoms with Gasteiger partial charge in [-0.15, -0.1) is 0 Å². The predicted molar refractivity (Wildman–Crippen MR) is 90.4 cm³/mol. The van der Waals surface area contributed by atoms with E-state index in [0.717, 1.165) is 12.3 Å². The van der Waals surface area contributed by atoms with E-state index in [2.05, 4.69) is 25.0 Å². The number of hydrogen-bond acceptors (Lipinski definition) is 9. The predicted octanol–water partition coefficient (Wildman–Crippen LogP) is -1.17. The van der Waals surface area contributed by atoms with Gasteiger partial charge in [0.1, 0.15) is 10.0 Å². The van der Waals surface area contributed by atoms with Crippen LogP contribution in [0, 0.1) is 0 Å². The topological polar surface area (TPSA) is 153 Å². The van der Waals surface area contributed by atoms with Crippen LogP contribution in [-0.2, 0) is 10.0 Å². The molecule has 2 N–H and O–H groups in total. The number of amides is 1. The molecule has 0 aromatic carbocycles. The van der Waals surface area contributed by atoms with E-state index in [1.165, 1.54) is 20.3 Å². The molecule has 0 spiro atoms. The number of methoxy groups -OCH3 is 2. The van der Waals surface area contributed by atoms with Crippen LogP contribution in [0.2, 0.25) is 0 Å². The number of nitrogens with one attached hydrogen (secondary N) is 2. The van der Waals surface area contributed by atoms with Crippen molar-refractivity contribution in [1.82, 2.24) is 15.0 Å². The number of pyridine rings is 1. The number of anilines is 1. The number of alkyl halides is 3. The van der Waals surface area contributed by atoms with Crippen molar-refractivity contribution < 1.29 is 70.2 Å². The summed E-state index contributed by atoms with van der Waals surface area (Å²) in [6, 6.07) is 2.21. The Bertz CT molecular complexity index is 999. The van der Waals surface area contributed by atoms with Crippen molar-refractivity contribution in [3.8, 4) is 17.5 Å². The zero-order valence-electron chi connectivity index (χ0n) is 15.8. The van der Waals surface area contributed by atoms with Crippen LogP contribution in [0.1, 0.15) is 10.4 Å². The maximum atomic E-state index is 12.5. The van der Waals surface area contributed by atoms with Gasteiger partial charge >= 0.3 is 35.7 Å². The minimum absolute atomic E-state index is 0. The molecule has 0 atom stereocenters. The standard InChI is InChI=1S/C14H14F3N5O6S.Na/c1-26-8-5-9(27-2)21-13(20-8)22-11(23)7-3-4-19-12(29(18,24)25)10(7)28-6-14(15,16)17;/h3-5H,6H2,1-2H3,(H3,18,20,21,22,23,24,25);/q;+1/p-1. The average molecular weight is 459 g/mol. The van der Waals surface area contributed by atoms with Gasteiger partial charge in [0.05, 0.1) is 25.8 Å². The zero-order valence-corrected chi connectivity index (χ0v) is 18.6. The fraction of sp³-hybridized carbons (Fsp3) is 0.286. The minimum atomic E-state index is -4.86. The maximum absolute atomic E-state index is 12.5. The molecule has 2 heterocycles. The first-order valence-corrected chi connectivity index (χ1v) is 8.89. The van der Waals surface area contributed by atoms with Crippen LogP contribution in [0.5, 0.6) is 17.5 Å². The molecule has 0 aliphatic heterocycles. The monoisotopic (exact) mass is 459 g/mol. The molecule has 16 heteroatoms. The summed E-state index contributed by atoms with van der Waals surface area (Å²) in [5, 5.41) is 8.08. The number of nitrogens with zero attached hydrogens (tertiary/aromatic N) is 3. The van der Waals surface area contributed by atoms with Gasteiger partial charge in [0, 0.05) is 6.20 Å². The van der Waals surface area contributed by atoms with Gasteiger partial charge in [-0.05, 0) is 6.07 Å². The van der Waals surface area contributed by atoms with Crippen LogP contribution in [0.15, 0.2) is 23.4 Å². The molecule has 0 unspecified atom stereocenters. The second kappa shape index (κ2) is 10.2. The quantitative estimate of drug-likeness (QED) is 0.505. The first kappa shape index (κ1) is 25.8. The Morgan fingerprint density at radius 3 is 2.23 bits per heavy atom. The number of carbonyl (C=O) groups excluding carboxylic acids is 1. The molecule has 0 fully saturated rings. The second-order valence-electron chi connectivity index (χ2n) is 5.13. The molecule has 2 aromatic heterocycles. The summed E-state index contributed by atoms with van der Waals surface area (Å²) < 4.78 is 74.9. The second-order valence-corrected chi connectivity index (χ2v) is 6.52. The van der Waals surface area contributed by atoms with E-state index >= 15 is 0 Å². The Kier molecular flexibility index (Phi) is 8.79. The van der Waals surface area contributed by atoms with E-state index in [-0.39, 0.29) is 47.3 Å². The number of halogens is 3. The van der Waals surface area contributed by atoms with Gasteiger partial charge in [0.15, 0.2) is 17.4 Å². The van der Waals surface area contributed by atoms with Crippen molar-refractivity contribution in [2.24, 2.45) is 0 Å². The van der Waals surface area contributed by atoms with Crippen LogP contribution < -0.4 is 49.1 Å². The van der Waals surface area contributed by atoms with Crippen molar-refractivity contribution in [3.63, 3.8) is 0 Å². The van der Waals surface area contributed by atoms with Crippen LogP contribution in [0.25, 0.3) is 5.14 Å². The minimum Gasteiger partial charge on any atom is -0.558 e. The summed E-state index contributed by atoms with van der Waals surface area (Å²) in [6.07, 6.45) is -4.01. The van der Waals surface area contributed by atoms with Crippen LogP contribution in [-0.4, -0.2) is 56.3 Å². The molecule has 2 rings (SSSR count). The molecular formula is C14H13F3N5NaO6S. The fourth-order valence-electron chi connectivity index (χ4n) is 1.93. The van der Waals surface area contributed by atoms with Crippen LogP contribution in [0.4, 0.5) is 19.1 Å². The van der Waals surface area contributed by atoms with Gasteiger partial charge in [-0.25, -0.2) is 13.4 Å². The molecule has 11 nitrogen and oxygen atoms in total. The first-order valence-electron chi connectivity index (χ1n) is 7.41. The van der Waals surface area contributed by atoms with E-state index < -0.39 is 45.1 Å². The number of aromatic nitrogens is 3. The Labute approximate surface area is 190 Å². The number of sulfonamides is 1. The summed E-state index contributed by atoms with van der Waals surface area (Å²) in [5.74, 6) is -2.49. The molecule has 2 aromatic rings. The normalized spacial score (nSPS) is 11.3. The molecule has 30 heavy (non-hydrogen) atoms.